The molecule has 1 aromatic carbocycles. The predicted molar refractivity (Wildman–Crippen MR) is 113 cm³/mol. The van der Waals surface area contributed by atoms with E-state index in [1.807, 2.05) is 25.4 Å². The lowest BCUT2D eigenvalue weighted by Crippen LogP contribution is -2.33. The van der Waals surface area contributed by atoms with Gasteiger partial charge < -0.3 is 5.11 Å². The Balaban J connectivity index is 2.00. The second kappa shape index (κ2) is 7.09. The summed E-state index contributed by atoms with van der Waals surface area (Å²) in [7, 11) is 1.82. The maximum Gasteiger partial charge on any atom is 0.261 e. The second-order valence-corrected chi connectivity index (χ2v) is 8.09. The van der Waals surface area contributed by atoms with Gasteiger partial charge in [-0.25, -0.2) is 9.97 Å². The molecule has 0 aliphatic rings. The summed E-state index contributed by atoms with van der Waals surface area (Å²) in [5, 5.41) is 15.4. The molecule has 0 aliphatic carbocycles. The van der Waals surface area contributed by atoms with Gasteiger partial charge in [0.2, 0.25) is 0 Å². The molecule has 8 heteroatoms. The third kappa shape index (κ3) is 3.92. The first kappa shape index (κ1) is 19.3. The van der Waals surface area contributed by atoms with Crippen molar-refractivity contribution < 1.29 is 5.11 Å². The molecular formula is C21H20ClN5O2. The Bertz CT molecular complexity index is 1250. The fraction of sp³-hybridized carbons (Fsp3) is 0.238. The van der Waals surface area contributed by atoms with E-state index >= 15 is 0 Å². The zero-order valence-corrected chi connectivity index (χ0v) is 17.1. The van der Waals surface area contributed by atoms with Crippen molar-refractivity contribution in [1.82, 2.24) is 24.3 Å². The zero-order valence-electron chi connectivity index (χ0n) is 16.3. The van der Waals surface area contributed by atoms with Crippen LogP contribution in [-0.2, 0) is 13.6 Å². The number of fused-ring (bicyclic) bond motifs is 1. The lowest BCUT2D eigenvalue weighted by atomic mass is 10.1. The molecule has 148 valence electrons. The van der Waals surface area contributed by atoms with Gasteiger partial charge in [0, 0.05) is 29.4 Å². The van der Waals surface area contributed by atoms with E-state index in [2.05, 4.69) is 10.1 Å². The van der Waals surface area contributed by atoms with Gasteiger partial charge in [0.05, 0.1) is 35.8 Å². The average molecular weight is 410 g/mol. The molecule has 0 saturated carbocycles. The molecule has 0 unspecified atom stereocenters. The Labute approximate surface area is 172 Å². The molecule has 3 heterocycles. The molecule has 0 aliphatic heterocycles. The predicted octanol–water partition coefficient (Wildman–Crippen LogP) is 3.28. The average Bonchev–Trinajstić information content (AvgIpc) is 3.09. The van der Waals surface area contributed by atoms with Gasteiger partial charge in [0.1, 0.15) is 11.2 Å². The summed E-state index contributed by atoms with van der Waals surface area (Å²) in [6.07, 6.45) is 4.97. The number of benzene rings is 1. The first-order chi connectivity index (χ1) is 13.7. The first-order valence-corrected chi connectivity index (χ1v) is 9.46. The lowest BCUT2D eigenvalue weighted by Gasteiger charge is -2.18. The number of aryl methyl sites for hydroxylation is 1. The molecule has 4 rings (SSSR count). The number of pyridine rings is 1. The van der Waals surface area contributed by atoms with Crippen LogP contribution in [0.1, 0.15) is 13.8 Å². The largest absolute Gasteiger partial charge is 0.389 e. The van der Waals surface area contributed by atoms with Gasteiger partial charge in [-0.15, -0.1) is 0 Å². The molecule has 7 nitrogen and oxygen atoms in total. The minimum atomic E-state index is -1.04. The molecule has 0 fully saturated rings. The number of halogens is 1. The summed E-state index contributed by atoms with van der Waals surface area (Å²) >= 11 is 6.01. The maximum atomic E-state index is 13.2. The van der Waals surface area contributed by atoms with Gasteiger partial charge in [-0.05, 0) is 32.0 Å². The summed E-state index contributed by atoms with van der Waals surface area (Å²) < 4.78 is 3.09. The Kier molecular flexibility index (Phi) is 4.72. The summed E-state index contributed by atoms with van der Waals surface area (Å²) in [6, 6.07) is 9.00. The van der Waals surface area contributed by atoms with Crippen LogP contribution in [0.15, 0.2) is 53.8 Å². The van der Waals surface area contributed by atoms with Crippen LogP contribution in [0.2, 0.25) is 5.02 Å². The third-order valence-electron chi connectivity index (χ3n) is 4.49. The third-order valence-corrected chi connectivity index (χ3v) is 4.74. The van der Waals surface area contributed by atoms with Crippen molar-refractivity contribution >= 4 is 22.5 Å². The highest BCUT2D eigenvalue weighted by Gasteiger charge is 2.19. The van der Waals surface area contributed by atoms with E-state index in [0.29, 0.717) is 27.3 Å². The Morgan fingerprint density at radius 3 is 2.52 bits per heavy atom. The van der Waals surface area contributed by atoms with Crippen LogP contribution in [0.5, 0.6) is 0 Å². The van der Waals surface area contributed by atoms with Gasteiger partial charge >= 0.3 is 0 Å². The van der Waals surface area contributed by atoms with E-state index in [4.69, 9.17) is 16.6 Å². The highest BCUT2D eigenvalue weighted by molar-refractivity contribution is 6.30. The number of hydrogen-bond donors (Lipinski definition) is 1. The maximum absolute atomic E-state index is 13.2. The van der Waals surface area contributed by atoms with Crippen molar-refractivity contribution in [3.05, 3.63) is 64.4 Å². The van der Waals surface area contributed by atoms with Crippen LogP contribution in [0.3, 0.4) is 0 Å². The second-order valence-electron chi connectivity index (χ2n) is 7.65. The minimum absolute atomic E-state index is 0.135. The smallest absolute Gasteiger partial charge is 0.261 e. The van der Waals surface area contributed by atoms with Gasteiger partial charge in [-0.1, -0.05) is 23.7 Å². The summed E-state index contributed by atoms with van der Waals surface area (Å²) in [6.45, 7) is 3.43. The van der Waals surface area contributed by atoms with E-state index in [1.54, 1.807) is 42.9 Å². The molecule has 29 heavy (non-hydrogen) atoms. The Morgan fingerprint density at radius 1 is 1.17 bits per heavy atom. The van der Waals surface area contributed by atoms with E-state index in [1.165, 1.54) is 10.9 Å². The molecule has 3 aromatic heterocycles. The van der Waals surface area contributed by atoms with E-state index < -0.39 is 5.60 Å². The van der Waals surface area contributed by atoms with Crippen LogP contribution >= 0.6 is 11.6 Å². The molecule has 0 radical (unpaired) electrons. The van der Waals surface area contributed by atoms with Crippen LogP contribution in [0, 0.1) is 0 Å². The molecule has 0 spiro atoms. The van der Waals surface area contributed by atoms with Gasteiger partial charge in [0.15, 0.2) is 0 Å². The van der Waals surface area contributed by atoms with Crippen molar-refractivity contribution in [2.45, 2.75) is 26.0 Å². The van der Waals surface area contributed by atoms with Gasteiger partial charge in [-0.3, -0.25) is 14.0 Å². The van der Waals surface area contributed by atoms with E-state index in [0.717, 1.165) is 11.1 Å². The van der Waals surface area contributed by atoms with Crippen molar-refractivity contribution in [3.63, 3.8) is 0 Å². The Morgan fingerprint density at radius 2 is 1.90 bits per heavy atom. The van der Waals surface area contributed by atoms with Crippen LogP contribution < -0.4 is 5.56 Å². The summed E-state index contributed by atoms with van der Waals surface area (Å²) in [5.74, 6) is 0. The van der Waals surface area contributed by atoms with Crippen LogP contribution in [-0.4, -0.2) is 35.0 Å². The van der Waals surface area contributed by atoms with Gasteiger partial charge in [-0.2, -0.15) is 5.10 Å². The number of aliphatic hydroxyl groups is 1. The van der Waals surface area contributed by atoms with E-state index in [-0.39, 0.29) is 12.1 Å². The van der Waals surface area contributed by atoms with Crippen LogP contribution in [0.25, 0.3) is 33.4 Å². The molecule has 0 bridgehead atoms. The molecule has 0 amide bonds. The highest BCUT2D eigenvalue weighted by atomic mass is 35.5. The number of hydrogen-bond acceptors (Lipinski definition) is 5. The number of rotatable bonds is 4. The van der Waals surface area contributed by atoms with Crippen molar-refractivity contribution in [2.75, 3.05) is 0 Å². The fourth-order valence-corrected chi connectivity index (χ4v) is 3.34. The highest BCUT2D eigenvalue weighted by Crippen LogP contribution is 2.29. The van der Waals surface area contributed by atoms with Crippen molar-refractivity contribution in [2.24, 2.45) is 7.05 Å². The molecule has 0 saturated heterocycles. The fourth-order valence-electron chi connectivity index (χ4n) is 3.21. The van der Waals surface area contributed by atoms with Crippen LogP contribution in [0.4, 0.5) is 0 Å². The summed E-state index contributed by atoms with van der Waals surface area (Å²) in [4.78, 5) is 22.4. The SMILES string of the molecule is Cn1cc(-c2nc(-c3ccc(Cl)cc3)cc3c(=O)n(CC(C)(C)O)cnc23)cn1. The topological polar surface area (TPSA) is 85.8 Å². The number of aromatic nitrogens is 5. The normalized spacial score (nSPS) is 11.9. The zero-order chi connectivity index (χ0) is 20.8. The molecule has 4 aromatic rings. The van der Waals surface area contributed by atoms with Gasteiger partial charge in [0.25, 0.3) is 5.56 Å². The lowest BCUT2D eigenvalue weighted by molar-refractivity contribution is 0.0603. The quantitative estimate of drug-likeness (QED) is 0.559. The first-order valence-electron chi connectivity index (χ1n) is 9.09. The molecular weight excluding hydrogens is 390 g/mol. The molecule has 0 atom stereocenters. The standard InChI is InChI=1S/C21H20ClN5O2/c1-21(2,29)11-27-12-23-19-16(20(27)28)8-17(13-4-6-15(22)7-5-13)25-18(19)14-9-24-26(3)10-14/h4-10,12,29H,11H2,1-3H3. The van der Waals surface area contributed by atoms with Crippen molar-refractivity contribution in [1.29, 1.82) is 0 Å². The minimum Gasteiger partial charge on any atom is -0.389 e. The van der Waals surface area contributed by atoms with Crippen molar-refractivity contribution in [3.8, 4) is 22.5 Å². The molecule has 1 N–H and O–H groups in total. The Hall–Kier alpha value is -3.03. The summed E-state index contributed by atoms with van der Waals surface area (Å²) in [5.41, 5.74) is 2.02. The number of nitrogens with zero attached hydrogens (tertiary/aromatic N) is 5. The monoisotopic (exact) mass is 409 g/mol. The van der Waals surface area contributed by atoms with E-state index in [9.17, 15) is 9.90 Å².